The third-order valence-corrected chi connectivity index (χ3v) is 5.65. The summed E-state index contributed by atoms with van der Waals surface area (Å²) in [6, 6.07) is 12.0. The van der Waals surface area contributed by atoms with Crippen LogP contribution in [-0.2, 0) is 6.42 Å². The minimum atomic E-state index is -0.220. The van der Waals surface area contributed by atoms with Crippen LogP contribution in [-0.4, -0.2) is 24.8 Å². The molecule has 2 heterocycles. The highest BCUT2D eigenvalue weighted by atomic mass is 32.1. The Morgan fingerprint density at radius 2 is 1.86 bits per heavy atom. The van der Waals surface area contributed by atoms with Crippen molar-refractivity contribution in [2.75, 3.05) is 19.5 Å². The van der Waals surface area contributed by atoms with E-state index in [1.807, 2.05) is 30.3 Å². The highest BCUT2D eigenvalue weighted by Crippen LogP contribution is 2.45. The fraction of sp³-hybridized carbons (Fsp3) is 0.318. The molecule has 28 heavy (non-hydrogen) atoms. The number of rotatable bonds is 5. The molecule has 3 aromatic rings. The van der Waals surface area contributed by atoms with Crippen molar-refractivity contribution in [3.63, 3.8) is 0 Å². The molecule has 5 nitrogen and oxygen atoms in total. The van der Waals surface area contributed by atoms with Gasteiger partial charge < -0.3 is 19.5 Å². The van der Waals surface area contributed by atoms with Gasteiger partial charge in [-0.15, -0.1) is 11.3 Å². The Morgan fingerprint density at radius 3 is 2.61 bits per heavy atom. The van der Waals surface area contributed by atoms with Gasteiger partial charge in [-0.2, -0.15) is 0 Å². The molecule has 0 saturated heterocycles. The lowest BCUT2D eigenvalue weighted by atomic mass is 9.99. The van der Waals surface area contributed by atoms with Crippen molar-refractivity contribution in [2.24, 2.45) is 0 Å². The van der Waals surface area contributed by atoms with Crippen LogP contribution in [0.5, 0.6) is 17.2 Å². The number of ether oxygens (including phenoxy) is 3. The van der Waals surface area contributed by atoms with E-state index in [2.05, 4.69) is 32.2 Å². The lowest BCUT2D eigenvalue weighted by molar-refractivity contribution is 0.134. The summed E-state index contributed by atoms with van der Waals surface area (Å²) >= 11 is 1.62. The molecule has 146 valence electrons. The van der Waals surface area contributed by atoms with Gasteiger partial charge in [-0.25, -0.2) is 4.98 Å². The molecule has 0 bridgehead atoms. The zero-order chi connectivity index (χ0) is 19.9. The molecule has 1 aromatic heterocycles. The highest BCUT2D eigenvalue weighted by molar-refractivity contribution is 7.16. The maximum atomic E-state index is 6.08. The van der Waals surface area contributed by atoms with Gasteiger partial charge in [0.1, 0.15) is 11.4 Å². The highest BCUT2D eigenvalue weighted by Gasteiger charge is 2.33. The first-order valence-corrected chi connectivity index (χ1v) is 9.99. The summed E-state index contributed by atoms with van der Waals surface area (Å²) in [5.41, 5.74) is 3.83. The van der Waals surface area contributed by atoms with Gasteiger partial charge in [0, 0.05) is 22.4 Å². The fourth-order valence-electron chi connectivity index (χ4n) is 3.55. The van der Waals surface area contributed by atoms with Crippen LogP contribution in [0.15, 0.2) is 36.4 Å². The van der Waals surface area contributed by atoms with Gasteiger partial charge in [-0.05, 0) is 45.0 Å². The molecule has 0 atom stereocenters. The Labute approximate surface area is 169 Å². The number of anilines is 2. The number of aromatic nitrogens is 1. The van der Waals surface area contributed by atoms with Gasteiger partial charge in [-0.1, -0.05) is 12.1 Å². The third-order valence-electron chi connectivity index (χ3n) is 4.76. The van der Waals surface area contributed by atoms with Gasteiger partial charge in [0.2, 0.25) is 0 Å². The standard InChI is InChI=1S/C22H24N2O3S/c1-13-19(24-21(28-13)23-16-8-6-7-9-17(16)25-4)14-10-15-12-22(2,3)27-20(15)18(11-14)26-5/h6-11H,12H2,1-5H3,(H,23,24). The SMILES string of the molecule is COc1ccccc1Nc1nc(-c2cc3c(c(OC)c2)OC(C)(C)C3)c(C)s1. The van der Waals surface area contributed by atoms with Crippen molar-refractivity contribution in [1.29, 1.82) is 0 Å². The van der Waals surface area contributed by atoms with E-state index in [9.17, 15) is 0 Å². The summed E-state index contributed by atoms with van der Waals surface area (Å²) in [7, 11) is 3.34. The Bertz CT molecular complexity index is 1030. The zero-order valence-corrected chi connectivity index (χ0v) is 17.6. The van der Waals surface area contributed by atoms with Crippen LogP contribution in [0.2, 0.25) is 0 Å². The summed E-state index contributed by atoms with van der Waals surface area (Å²) < 4.78 is 17.1. The first-order chi connectivity index (χ1) is 13.4. The normalized spacial score (nSPS) is 14.3. The molecule has 0 unspecified atom stereocenters. The number of benzene rings is 2. The molecular formula is C22H24N2O3S. The maximum Gasteiger partial charge on any atom is 0.188 e. The van der Waals surface area contributed by atoms with Gasteiger partial charge in [0.15, 0.2) is 16.6 Å². The Morgan fingerprint density at radius 1 is 1.11 bits per heavy atom. The summed E-state index contributed by atoms with van der Waals surface area (Å²) in [5, 5.41) is 4.20. The van der Waals surface area contributed by atoms with Crippen LogP contribution >= 0.6 is 11.3 Å². The number of hydrogen-bond acceptors (Lipinski definition) is 6. The van der Waals surface area contributed by atoms with E-state index in [-0.39, 0.29) is 5.60 Å². The van der Waals surface area contributed by atoms with Crippen molar-refractivity contribution < 1.29 is 14.2 Å². The van der Waals surface area contributed by atoms with E-state index in [4.69, 9.17) is 19.2 Å². The van der Waals surface area contributed by atoms with Gasteiger partial charge >= 0.3 is 0 Å². The lowest BCUT2D eigenvalue weighted by Crippen LogP contribution is -2.24. The smallest absolute Gasteiger partial charge is 0.188 e. The molecule has 2 aromatic carbocycles. The minimum absolute atomic E-state index is 0.220. The van der Waals surface area contributed by atoms with Crippen LogP contribution < -0.4 is 19.5 Å². The Hall–Kier alpha value is -2.73. The van der Waals surface area contributed by atoms with Gasteiger partial charge in [0.05, 0.1) is 25.6 Å². The monoisotopic (exact) mass is 396 g/mol. The molecule has 1 aliphatic rings. The summed E-state index contributed by atoms with van der Waals surface area (Å²) in [4.78, 5) is 5.98. The van der Waals surface area contributed by atoms with Crippen LogP contribution in [0, 0.1) is 6.92 Å². The predicted octanol–water partition coefficient (Wildman–Crippen LogP) is 5.59. The molecule has 6 heteroatoms. The summed E-state index contributed by atoms with van der Waals surface area (Å²) in [5.74, 6) is 2.39. The molecule has 1 N–H and O–H groups in total. The van der Waals surface area contributed by atoms with E-state index >= 15 is 0 Å². The van der Waals surface area contributed by atoms with E-state index in [1.165, 1.54) is 0 Å². The zero-order valence-electron chi connectivity index (χ0n) is 16.8. The Kier molecular flexibility index (Phi) is 4.67. The van der Waals surface area contributed by atoms with Gasteiger partial charge in [0.25, 0.3) is 0 Å². The van der Waals surface area contributed by atoms with Crippen molar-refractivity contribution in [2.45, 2.75) is 32.8 Å². The molecule has 0 amide bonds. The molecule has 0 saturated carbocycles. The van der Waals surface area contributed by atoms with Crippen LogP contribution in [0.1, 0.15) is 24.3 Å². The van der Waals surface area contributed by atoms with Crippen LogP contribution in [0.3, 0.4) is 0 Å². The first-order valence-electron chi connectivity index (χ1n) is 9.18. The number of methoxy groups -OCH3 is 2. The second-order valence-corrected chi connectivity index (χ2v) is 8.66. The summed E-state index contributed by atoms with van der Waals surface area (Å²) in [6.07, 6.45) is 0.849. The van der Waals surface area contributed by atoms with Crippen molar-refractivity contribution >= 4 is 22.2 Å². The lowest BCUT2D eigenvalue weighted by Gasteiger charge is -2.17. The molecule has 4 rings (SSSR count). The van der Waals surface area contributed by atoms with Crippen LogP contribution in [0.25, 0.3) is 11.3 Å². The molecule has 0 fully saturated rings. The molecule has 0 aliphatic carbocycles. The molecular weight excluding hydrogens is 372 g/mol. The van der Waals surface area contributed by atoms with Crippen molar-refractivity contribution in [3.05, 3.63) is 46.8 Å². The van der Waals surface area contributed by atoms with Gasteiger partial charge in [-0.3, -0.25) is 0 Å². The average Bonchev–Trinajstić information content (AvgIpc) is 3.18. The van der Waals surface area contributed by atoms with E-state index in [0.717, 1.165) is 56.2 Å². The summed E-state index contributed by atoms with van der Waals surface area (Å²) in [6.45, 7) is 6.27. The van der Waals surface area contributed by atoms with Crippen molar-refractivity contribution in [3.8, 4) is 28.5 Å². The average molecular weight is 397 g/mol. The minimum Gasteiger partial charge on any atom is -0.495 e. The number of thiazole rings is 1. The number of nitrogens with one attached hydrogen (secondary N) is 1. The molecule has 0 radical (unpaired) electrons. The second-order valence-electron chi connectivity index (χ2n) is 7.45. The van der Waals surface area contributed by atoms with E-state index in [0.29, 0.717) is 0 Å². The van der Waals surface area contributed by atoms with Crippen LogP contribution in [0.4, 0.5) is 10.8 Å². The fourth-order valence-corrected chi connectivity index (χ4v) is 4.40. The molecule has 1 aliphatic heterocycles. The van der Waals surface area contributed by atoms with Crippen molar-refractivity contribution in [1.82, 2.24) is 4.98 Å². The number of para-hydroxylation sites is 2. The third kappa shape index (κ3) is 3.40. The largest absolute Gasteiger partial charge is 0.495 e. The number of nitrogens with zero attached hydrogens (tertiary/aromatic N) is 1. The second kappa shape index (κ2) is 7.02. The number of hydrogen-bond donors (Lipinski definition) is 1. The Balaban J connectivity index is 1.70. The quantitative estimate of drug-likeness (QED) is 0.609. The first kappa shape index (κ1) is 18.6. The van der Waals surface area contributed by atoms with E-state index in [1.54, 1.807) is 25.6 Å². The number of aryl methyl sites for hydroxylation is 1. The number of fused-ring (bicyclic) bond motifs is 1. The van der Waals surface area contributed by atoms with E-state index < -0.39 is 0 Å². The molecule has 0 spiro atoms. The maximum absolute atomic E-state index is 6.08. The predicted molar refractivity (Wildman–Crippen MR) is 114 cm³/mol. The topological polar surface area (TPSA) is 52.6 Å².